The van der Waals surface area contributed by atoms with Crippen LogP contribution in [0.2, 0.25) is 0 Å². The molecule has 2 amide bonds. The zero-order chi connectivity index (χ0) is 15.0. The van der Waals surface area contributed by atoms with Gasteiger partial charge in [0.15, 0.2) is 0 Å². The summed E-state index contributed by atoms with van der Waals surface area (Å²) in [5.41, 5.74) is 10.9. The molecule has 0 aromatic carbocycles. The quantitative estimate of drug-likeness (QED) is 0.670. The van der Waals surface area contributed by atoms with Gasteiger partial charge >= 0.3 is 0 Å². The molecule has 0 bridgehead atoms. The minimum absolute atomic E-state index is 0.0666. The molecule has 4 N–H and O–H groups in total. The number of nitrogens with two attached hydrogens (primary N) is 2. The van der Waals surface area contributed by atoms with Crippen LogP contribution >= 0.6 is 0 Å². The summed E-state index contributed by atoms with van der Waals surface area (Å²) in [6.07, 6.45) is 7.64. The van der Waals surface area contributed by atoms with Crippen molar-refractivity contribution >= 4 is 11.8 Å². The third-order valence-electron chi connectivity index (χ3n) is 4.33. The number of hydrogen-bond donors (Lipinski definition) is 2. The van der Waals surface area contributed by atoms with Crippen LogP contribution in [0.1, 0.15) is 58.3 Å². The molecule has 1 saturated carbocycles. The van der Waals surface area contributed by atoms with Crippen LogP contribution in [0.15, 0.2) is 0 Å². The normalized spacial score (nSPS) is 17.1. The van der Waals surface area contributed by atoms with Crippen molar-refractivity contribution in [2.75, 3.05) is 13.1 Å². The monoisotopic (exact) mass is 283 g/mol. The van der Waals surface area contributed by atoms with Gasteiger partial charge in [0.1, 0.15) is 0 Å². The Labute approximate surface area is 122 Å². The van der Waals surface area contributed by atoms with Gasteiger partial charge in [0.2, 0.25) is 11.8 Å². The first-order valence-corrected chi connectivity index (χ1v) is 7.86. The smallest absolute Gasteiger partial charge is 0.237 e. The van der Waals surface area contributed by atoms with Crippen molar-refractivity contribution in [1.82, 2.24) is 4.90 Å². The van der Waals surface area contributed by atoms with E-state index >= 15 is 0 Å². The van der Waals surface area contributed by atoms with Gasteiger partial charge in [-0.2, -0.15) is 0 Å². The lowest BCUT2D eigenvalue weighted by molar-refractivity contribution is -0.137. The van der Waals surface area contributed by atoms with Crippen molar-refractivity contribution < 1.29 is 9.59 Å². The first-order valence-electron chi connectivity index (χ1n) is 7.86. The summed E-state index contributed by atoms with van der Waals surface area (Å²) in [7, 11) is 0. The summed E-state index contributed by atoms with van der Waals surface area (Å²) < 4.78 is 0. The highest BCUT2D eigenvalue weighted by Gasteiger charge is 2.27. The average Bonchev–Trinajstić information content (AvgIpc) is 2.94. The number of rotatable bonds is 9. The van der Waals surface area contributed by atoms with Crippen LogP contribution in [0.5, 0.6) is 0 Å². The van der Waals surface area contributed by atoms with E-state index in [0.717, 1.165) is 44.9 Å². The number of primary amides is 1. The first-order chi connectivity index (χ1) is 9.58. The summed E-state index contributed by atoms with van der Waals surface area (Å²) in [6.45, 7) is 2.86. The summed E-state index contributed by atoms with van der Waals surface area (Å²) in [4.78, 5) is 25.3. The highest BCUT2D eigenvalue weighted by molar-refractivity contribution is 5.84. The maximum absolute atomic E-state index is 12.4. The molecule has 0 saturated heterocycles. The van der Waals surface area contributed by atoms with E-state index in [1.165, 1.54) is 0 Å². The molecular formula is C15H29N3O2. The van der Waals surface area contributed by atoms with Gasteiger partial charge in [0, 0.05) is 12.5 Å². The fraction of sp³-hybridized carbons (Fsp3) is 0.867. The molecule has 0 aromatic heterocycles. The van der Waals surface area contributed by atoms with Crippen molar-refractivity contribution in [2.24, 2.45) is 17.4 Å². The minimum atomic E-state index is -0.417. The molecule has 0 aromatic rings. The molecule has 116 valence electrons. The molecule has 0 heterocycles. The third kappa shape index (κ3) is 5.49. The SMILES string of the molecule is CCC(CCN)CCC(=O)N(CC(N)=O)C1CCCC1. The maximum Gasteiger partial charge on any atom is 0.237 e. The highest BCUT2D eigenvalue weighted by Crippen LogP contribution is 2.25. The lowest BCUT2D eigenvalue weighted by Gasteiger charge is -2.28. The molecule has 20 heavy (non-hydrogen) atoms. The second-order valence-corrected chi connectivity index (χ2v) is 5.82. The summed E-state index contributed by atoms with van der Waals surface area (Å²) in [6, 6.07) is 0.213. The molecule has 1 aliphatic rings. The van der Waals surface area contributed by atoms with Crippen LogP contribution < -0.4 is 11.5 Å². The molecular weight excluding hydrogens is 254 g/mol. The zero-order valence-electron chi connectivity index (χ0n) is 12.6. The molecule has 0 aliphatic heterocycles. The van der Waals surface area contributed by atoms with Crippen molar-refractivity contribution in [3.8, 4) is 0 Å². The lowest BCUT2D eigenvalue weighted by atomic mass is 9.96. The van der Waals surface area contributed by atoms with Crippen molar-refractivity contribution in [1.29, 1.82) is 0 Å². The Morgan fingerprint density at radius 2 is 1.90 bits per heavy atom. The molecule has 1 rings (SSSR count). The Morgan fingerprint density at radius 3 is 2.40 bits per heavy atom. The predicted octanol–water partition coefficient (Wildman–Crippen LogP) is 1.40. The number of carbonyl (C=O) groups excluding carboxylic acids is 2. The van der Waals surface area contributed by atoms with Gasteiger partial charge < -0.3 is 16.4 Å². The highest BCUT2D eigenvalue weighted by atomic mass is 16.2. The van der Waals surface area contributed by atoms with Crippen molar-refractivity contribution in [3.63, 3.8) is 0 Å². The van der Waals surface area contributed by atoms with Crippen LogP contribution in [0.3, 0.4) is 0 Å². The second kappa shape index (κ2) is 8.95. The van der Waals surface area contributed by atoms with E-state index in [-0.39, 0.29) is 18.5 Å². The molecule has 5 nitrogen and oxygen atoms in total. The summed E-state index contributed by atoms with van der Waals surface area (Å²) in [5, 5.41) is 0. The molecule has 1 fully saturated rings. The molecule has 1 unspecified atom stereocenters. The lowest BCUT2D eigenvalue weighted by Crippen LogP contribution is -2.44. The van der Waals surface area contributed by atoms with Crippen LogP contribution in [0.25, 0.3) is 0 Å². The van der Waals surface area contributed by atoms with Gasteiger partial charge in [-0.05, 0) is 38.1 Å². The third-order valence-corrected chi connectivity index (χ3v) is 4.33. The van der Waals surface area contributed by atoms with Gasteiger partial charge in [-0.25, -0.2) is 0 Å². The number of amides is 2. The van der Waals surface area contributed by atoms with E-state index in [0.29, 0.717) is 18.9 Å². The van der Waals surface area contributed by atoms with E-state index < -0.39 is 5.91 Å². The predicted molar refractivity (Wildman–Crippen MR) is 79.8 cm³/mol. The minimum Gasteiger partial charge on any atom is -0.368 e. The molecule has 5 heteroatoms. The van der Waals surface area contributed by atoms with Crippen LogP contribution in [-0.2, 0) is 9.59 Å². The molecule has 1 atom stereocenters. The van der Waals surface area contributed by atoms with E-state index in [1.54, 1.807) is 4.90 Å². The first kappa shape index (κ1) is 17.0. The average molecular weight is 283 g/mol. The second-order valence-electron chi connectivity index (χ2n) is 5.82. The fourth-order valence-electron chi connectivity index (χ4n) is 3.06. The van der Waals surface area contributed by atoms with Gasteiger partial charge in [-0.15, -0.1) is 0 Å². The molecule has 1 aliphatic carbocycles. The summed E-state index contributed by atoms with van der Waals surface area (Å²) in [5.74, 6) is 0.161. The zero-order valence-corrected chi connectivity index (χ0v) is 12.6. The summed E-state index contributed by atoms with van der Waals surface area (Å²) >= 11 is 0. The van der Waals surface area contributed by atoms with Gasteiger partial charge in [0.05, 0.1) is 6.54 Å². The number of hydrogen-bond acceptors (Lipinski definition) is 3. The van der Waals surface area contributed by atoms with Crippen molar-refractivity contribution in [3.05, 3.63) is 0 Å². The number of carbonyl (C=O) groups is 2. The molecule has 0 spiro atoms. The van der Waals surface area contributed by atoms with Crippen LogP contribution in [-0.4, -0.2) is 35.8 Å². The Balaban J connectivity index is 2.51. The van der Waals surface area contributed by atoms with Crippen LogP contribution in [0, 0.1) is 5.92 Å². The van der Waals surface area contributed by atoms with E-state index in [4.69, 9.17) is 11.5 Å². The maximum atomic E-state index is 12.4. The topological polar surface area (TPSA) is 89.4 Å². The van der Waals surface area contributed by atoms with Gasteiger partial charge in [-0.3, -0.25) is 9.59 Å². The van der Waals surface area contributed by atoms with E-state index in [9.17, 15) is 9.59 Å². The molecule has 0 radical (unpaired) electrons. The van der Waals surface area contributed by atoms with Crippen molar-refractivity contribution in [2.45, 2.75) is 64.3 Å². The van der Waals surface area contributed by atoms with Crippen LogP contribution in [0.4, 0.5) is 0 Å². The standard InChI is InChI=1S/C15H29N3O2/c1-2-12(9-10-16)7-8-15(20)18(11-14(17)19)13-5-3-4-6-13/h12-13H,2-11,16H2,1H3,(H2,17,19). The largest absolute Gasteiger partial charge is 0.368 e. The fourth-order valence-corrected chi connectivity index (χ4v) is 3.06. The Morgan fingerprint density at radius 1 is 1.25 bits per heavy atom. The van der Waals surface area contributed by atoms with Gasteiger partial charge in [-0.1, -0.05) is 26.2 Å². The van der Waals surface area contributed by atoms with Gasteiger partial charge in [0.25, 0.3) is 0 Å². The number of nitrogens with zero attached hydrogens (tertiary/aromatic N) is 1. The Hall–Kier alpha value is -1.10. The van der Waals surface area contributed by atoms with E-state index in [1.807, 2.05) is 0 Å². The van der Waals surface area contributed by atoms with E-state index in [2.05, 4.69) is 6.92 Å². The Kier molecular flexibility index (Phi) is 7.59. The Bertz CT molecular complexity index is 314.